The van der Waals surface area contributed by atoms with Crippen LogP contribution in [0.15, 0.2) is 48.5 Å². The lowest BCUT2D eigenvalue weighted by atomic mass is 9.98. The first kappa shape index (κ1) is 27.5. The van der Waals surface area contributed by atoms with E-state index in [2.05, 4.69) is 68.3 Å². The van der Waals surface area contributed by atoms with E-state index in [4.69, 9.17) is 16.3 Å². The van der Waals surface area contributed by atoms with Crippen molar-refractivity contribution in [3.63, 3.8) is 0 Å². The van der Waals surface area contributed by atoms with Gasteiger partial charge in [-0.15, -0.1) is 10.2 Å². The Hall–Kier alpha value is -3.52. The molecule has 0 atom stereocenters. The first-order chi connectivity index (χ1) is 18.6. The topological polar surface area (TPSA) is 98.6 Å². The number of tetrazole rings is 1. The van der Waals surface area contributed by atoms with Crippen molar-refractivity contribution in [3.05, 3.63) is 70.8 Å². The number of halogens is 1. The zero-order chi connectivity index (χ0) is 26.7. The van der Waals surface area contributed by atoms with Gasteiger partial charge in [-0.05, 0) is 34.7 Å². The van der Waals surface area contributed by atoms with E-state index in [-0.39, 0.29) is 12.6 Å². The van der Waals surface area contributed by atoms with Crippen LogP contribution >= 0.6 is 11.6 Å². The summed E-state index contributed by atoms with van der Waals surface area (Å²) in [4.78, 5) is 16.9. The highest BCUT2D eigenvalue weighted by Crippen LogP contribution is 2.30. The van der Waals surface area contributed by atoms with Crippen molar-refractivity contribution in [2.24, 2.45) is 0 Å². The maximum Gasteiger partial charge on any atom is 0.306 e. The van der Waals surface area contributed by atoms with Gasteiger partial charge in [0.15, 0.2) is 5.15 Å². The molecule has 1 N–H and O–H groups in total. The smallest absolute Gasteiger partial charge is 0.306 e. The van der Waals surface area contributed by atoms with Crippen LogP contribution in [0.5, 0.6) is 0 Å². The lowest BCUT2D eigenvalue weighted by molar-refractivity contribution is -0.145. The summed E-state index contributed by atoms with van der Waals surface area (Å²) in [6.45, 7) is 5.03. The highest BCUT2D eigenvalue weighted by Gasteiger charge is 2.18. The Balaban J connectivity index is 1.51. The molecule has 38 heavy (non-hydrogen) atoms. The van der Waals surface area contributed by atoms with Gasteiger partial charge in [-0.1, -0.05) is 99.7 Å². The number of aromatic nitrogens is 6. The number of aromatic amines is 1. The summed E-state index contributed by atoms with van der Waals surface area (Å²) < 4.78 is 7.71. The minimum absolute atomic E-state index is 0.126. The molecular formula is C29H35ClN6O2. The minimum Gasteiger partial charge on any atom is -0.459 e. The quantitative estimate of drug-likeness (QED) is 0.141. The number of nitrogens with one attached hydrogen (secondary N) is 1. The second kappa shape index (κ2) is 13.9. The van der Waals surface area contributed by atoms with Crippen molar-refractivity contribution in [2.45, 2.75) is 78.4 Å². The number of aryl methyl sites for hydroxylation is 1. The van der Waals surface area contributed by atoms with Crippen LogP contribution in [-0.2, 0) is 29.1 Å². The Morgan fingerprint density at radius 1 is 0.974 bits per heavy atom. The van der Waals surface area contributed by atoms with Crippen molar-refractivity contribution in [1.82, 2.24) is 30.2 Å². The Bertz CT molecular complexity index is 1300. The molecule has 0 saturated heterocycles. The van der Waals surface area contributed by atoms with Gasteiger partial charge in [-0.3, -0.25) is 4.79 Å². The molecule has 0 aliphatic carbocycles. The predicted molar refractivity (Wildman–Crippen MR) is 149 cm³/mol. The van der Waals surface area contributed by atoms with E-state index in [0.717, 1.165) is 78.7 Å². The number of ether oxygens (including phenoxy) is 1. The maximum absolute atomic E-state index is 12.3. The molecule has 200 valence electrons. The lowest BCUT2D eigenvalue weighted by Crippen LogP contribution is -2.12. The first-order valence-corrected chi connectivity index (χ1v) is 13.8. The van der Waals surface area contributed by atoms with E-state index < -0.39 is 0 Å². The third-order valence-electron chi connectivity index (χ3n) is 6.58. The second-order valence-electron chi connectivity index (χ2n) is 9.40. The van der Waals surface area contributed by atoms with E-state index >= 15 is 0 Å². The molecule has 0 saturated carbocycles. The molecule has 9 heteroatoms. The zero-order valence-corrected chi connectivity index (χ0v) is 22.9. The van der Waals surface area contributed by atoms with Crippen LogP contribution in [0.3, 0.4) is 0 Å². The van der Waals surface area contributed by atoms with E-state index in [9.17, 15) is 4.79 Å². The number of H-pyrrole nitrogens is 1. The Morgan fingerprint density at radius 3 is 2.45 bits per heavy atom. The van der Waals surface area contributed by atoms with Crippen LogP contribution in [0.4, 0.5) is 0 Å². The lowest BCUT2D eigenvalue weighted by Gasteiger charge is -2.14. The monoisotopic (exact) mass is 534 g/mol. The number of carbonyl (C=O) groups excluding carboxylic acids is 1. The number of benzene rings is 2. The van der Waals surface area contributed by atoms with Gasteiger partial charge in [-0.25, -0.2) is 4.98 Å². The van der Waals surface area contributed by atoms with Gasteiger partial charge in [0.1, 0.15) is 12.4 Å². The SMILES string of the molecule is CCCCCCC(=O)OCc1c(Cl)nc(CCCC)n1Cc1ccc(-c2ccccc2-c2nn[nH]n2)cc1. The fourth-order valence-electron chi connectivity index (χ4n) is 4.45. The Kier molecular flexibility index (Phi) is 10.0. The van der Waals surface area contributed by atoms with Gasteiger partial charge >= 0.3 is 5.97 Å². The van der Waals surface area contributed by atoms with E-state index in [1.807, 2.05) is 24.3 Å². The standard InChI is InChI=1S/C29H35ClN6O2/c1-3-5-7-8-14-27(37)38-20-25-28(30)31-26(13-6-4-2)36(25)19-21-15-17-22(18-16-21)23-11-9-10-12-24(23)29-32-34-35-33-29/h9-12,15-18H,3-8,13-14,19-20H2,1-2H3,(H,32,33,34,35). The van der Waals surface area contributed by atoms with Crippen molar-refractivity contribution in [2.75, 3.05) is 0 Å². The molecule has 0 bridgehead atoms. The number of unbranched alkanes of at least 4 members (excludes halogenated alkanes) is 4. The number of rotatable bonds is 14. The largest absolute Gasteiger partial charge is 0.459 e. The zero-order valence-electron chi connectivity index (χ0n) is 22.1. The molecule has 2 aromatic carbocycles. The van der Waals surface area contributed by atoms with Crippen molar-refractivity contribution in [3.8, 4) is 22.5 Å². The van der Waals surface area contributed by atoms with Gasteiger partial charge in [-0.2, -0.15) is 5.21 Å². The van der Waals surface area contributed by atoms with Crippen LogP contribution in [-0.4, -0.2) is 36.1 Å². The molecule has 2 heterocycles. The molecule has 0 radical (unpaired) electrons. The summed E-state index contributed by atoms with van der Waals surface area (Å²) in [6, 6.07) is 16.4. The summed E-state index contributed by atoms with van der Waals surface area (Å²) >= 11 is 6.55. The third-order valence-corrected chi connectivity index (χ3v) is 6.88. The highest BCUT2D eigenvalue weighted by atomic mass is 35.5. The van der Waals surface area contributed by atoms with Crippen LogP contribution in [0.2, 0.25) is 5.15 Å². The summed E-state index contributed by atoms with van der Waals surface area (Å²) in [5.41, 5.74) is 4.84. The molecule has 0 aliphatic rings. The van der Waals surface area contributed by atoms with Gasteiger partial charge in [0.25, 0.3) is 0 Å². The molecule has 0 spiro atoms. The Morgan fingerprint density at radius 2 is 1.74 bits per heavy atom. The van der Waals surface area contributed by atoms with Gasteiger partial charge in [0.2, 0.25) is 5.82 Å². The summed E-state index contributed by atoms with van der Waals surface area (Å²) in [5.74, 6) is 1.28. The molecular weight excluding hydrogens is 500 g/mol. The molecule has 4 rings (SSSR count). The summed E-state index contributed by atoms with van der Waals surface area (Å²) in [7, 11) is 0. The average Bonchev–Trinajstić information content (AvgIpc) is 3.57. The van der Waals surface area contributed by atoms with Gasteiger partial charge < -0.3 is 9.30 Å². The van der Waals surface area contributed by atoms with Gasteiger partial charge in [0.05, 0.1) is 5.69 Å². The van der Waals surface area contributed by atoms with Gasteiger partial charge in [0, 0.05) is 24.9 Å². The number of carbonyl (C=O) groups is 1. The Labute approximate surface area is 228 Å². The van der Waals surface area contributed by atoms with E-state index in [1.54, 1.807) is 0 Å². The molecule has 0 unspecified atom stereocenters. The molecule has 2 aromatic heterocycles. The number of imidazole rings is 1. The van der Waals surface area contributed by atoms with Crippen LogP contribution < -0.4 is 0 Å². The van der Waals surface area contributed by atoms with Crippen molar-refractivity contribution in [1.29, 1.82) is 0 Å². The number of esters is 1. The van der Waals surface area contributed by atoms with Crippen molar-refractivity contribution >= 4 is 17.6 Å². The van der Waals surface area contributed by atoms with Crippen molar-refractivity contribution < 1.29 is 9.53 Å². The minimum atomic E-state index is -0.190. The second-order valence-corrected chi connectivity index (χ2v) is 9.76. The highest BCUT2D eigenvalue weighted by molar-refractivity contribution is 6.30. The molecule has 4 aromatic rings. The summed E-state index contributed by atoms with van der Waals surface area (Å²) in [5, 5.41) is 14.9. The maximum atomic E-state index is 12.3. The number of hydrogen-bond acceptors (Lipinski definition) is 6. The number of nitrogens with zero attached hydrogens (tertiary/aromatic N) is 5. The molecule has 0 aliphatic heterocycles. The third kappa shape index (κ3) is 7.07. The predicted octanol–water partition coefficient (Wildman–Crippen LogP) is 6.79. The fraction of sp³-hybridized carbons (Fsp3) is 0.414. The fourth-order valence-corrected chi connectivity index (χ4v) is 4.70. The summed E-state index contributed by atoms with van der Waals surface area (Å²) in [6.07, 6.45) is 7.48. The van der Waals surface area contributed by atoms with Crippen LogP contribution in [0.25, 0.3) is 22.5 Å². The molecule has 0 fully saturated rings. The molecule has 8 nitrogen and oxygen atoms in total. The van der Waals surface area contributed by atoms with E-state index in [0.29, 0.717) is 23.9 Å². The number of hydrogen-bond donors (Lipinski definition) is 1. The van der Waals surface area contributed by atoms with Crippen LogP contribution in [0.1, 0.15) is 75.9 Å². The first-order valence-electron chi connectivity index (χ1n) is 13.4. The molecule has 0 amide bonds. The average molecular weight is 535 g/mol. The van der Waals surface area contributed by atoms with Crippen LogP contribution in [0, 0.1) is 0 Å². The van der Waals surface area contributed by atoms with E-state index in [1.165, 1.54) is 0 Å². The normalized spacial score (nSPS) is 11.1.